The van der Waals surface area contributed by atoms with Crippen LogP contribution in [0.25, 0.3) is 0 Å². The van der Waals surface area contributed by atoms with Gasteiger partial charge in [0, 0.05) is 25.6 Å². The molecule has 2 aromatic rings. The molecule has 1 aliphatic rings. The minimum Gasteiger partial charge on any atom is -0.495 e. The molecule has 0 spiro atoms. The first-order valence-corrected chi connectivity index (χ1v) is 7.67. The van der Waals surface area contributed by atoms with Crippen molar-refractivity contribution in [3.8, 4) is 5.75 Å². The predicted molar refractivity (Wildman–Crippen MR) is 88.6 cm³/mol. The Hall–Kier alpha value is -2.63. The number of nitrogens with zero attached hydrogens (tertiary/aromatic N) is 2. The molecule has 1 aromatic carbocycles. The van der Waals surface area contributed by atoms with Gasteiger partial charge in [-0.05, 0) is 36.6 Å². The summed E-state index contributed by atoms with van der Waals surface area (Å²) in [6.45, 7) is 2.09. The fourth-order valence-electron chi connectivity index (χ4n) is 2.36. The van der Waals surface area contributed by atoms with Crippen molar-refractivity contribution in [3.05, 3.63) is 41.9 Å². The van der Waals surface area contributed by atoms with Crippen LogP contribution in [0.5, 0.6) is 5.75 Å². The van der Waals surface area contributed by atoms with Crippen molar-refractivity contribution in [1.29, 1.82) is 0 Å². The molecule has 1 saturated carbocycles. The van der Waals surface area contributed by atoms with Gasteiger partial charge < -0.3 is 15.4 Å². The highest BCUT2D eigenvalue weighted by Gasteiger charge is 2.26. The minimum absolute atomic E-state index is 0.127. The second kappa shape index (κ2) is 6.64. The Morgan fingerprint density at radius 3 is 2.87 bits per heavy atom. The molecular weight excluding hydrogens is 292 g/mol. The van der Waals surface area contributed by atoms with E-state index in [1.165, 1.54) is 19.8 Å². The normalized spacial score (nSPS) is 13.5. The molecule has 0 bridgehead atoms. The molecule has 0 radical (unpaired) electrons. The van der Waals surface area contributed by atoms with E-state index >= 15 is 0 Å². The second-order valence-corrected chi connectivity index (χ2v) is 5.64. The highest BCUT2D eigenvalue weighted by atomic mass is 16.5. The number of hydrogen-bond acceptors (Lipinski definition) is 5. The molecular formula is C17H20N4O2. The van der Waals surface area contributed by atoms with Crippen LogP contribution in [0, 0.1) is 0 Å². The SMILES string of the molecule is COc1ccc(CNc2ccnc(C3CC3)n2)cc1NC(C)=O. The summed E-state index contributed by atoms with van der Waals surface area (Å²) in [6, 6.07) is 7.57. The number of hydrogen-bond donors (Lipinski definition) is 2. The quantitative estimate of drug-likeness (QED) is 0.857. The maximum absolute atomic E-state index is 11.3. The molecule has 3 rings (SSSR count). The summed E-state index contributed by atoms with van der Waals surface area (Å²) >= 11 is 0. The molecule has 1 heterocycles. The predicted octanol–water partition coefficient (Wildman–Crippen LogP) is 2.93. The van der Waals surface area contributed by atoms with Gasteiger partial charge in [-0.15, -0.1) is 0 Å². The van der Waals surface area contributed by atoms with Crippen molar-refractivity contribution in [1.82, 2.24) is 9.97 Å². The zero-order valence-electron chi connectivity index (χ0n) is 13.3. The summed E-state index contributed by atoms with van der Waals surface area (Å²) in [6.07, 6.45) is 4.16. The number of ether oxygens (including phenoxy) is 1. The van der Waals surface area contributed by atoms with Crippen LogP contribution < -0.4 is 15.4 Å². The minimum atomic E-state index is -0.127. The van der Waals surface area contributed by atoms with Crippen LogP contribution in [-0.2, 0) is 11.3 Å². The van der Waals surface area contributed by atoms with Gasteiger partial charge >= 0.3 is 0 Å². The maximum Gasteiger partial charge on any atom is 0.221 e. The number of carbonyl (C=O) groups is 1. The fraction of sp³-hybridized carbons (Fsp3) is 0.353. The van der Waals surface area contributed by atoms with E-state index in [1.807, 2.05) is 24.3 Å². The first kappa shape index (κ1) is 15.3. The van der Waals surface area contributed by atoms with Crippen LogP contribution >= 0.6 is 0 Å². The van der Waals surface area contributed by atoms with Crippen LogP contribution in [0.15, 0.2) is 30.5 Å². The molecule has 0 unspecified atom stereocenters. The van der Waals surface area contributed by atoms with Gasteiger partial charge in [0.15, 0.2) is 0 Å². The third-order valence-corrected chi connectivity index (χ3v) is 3.66. The standard InChI is InChI=1S/C17H20N4O2/c1-11(22)20-14-9-12(3-6-15(14)23-2)10-19-16-7-8-18-17(21-16)13-4-5-13/h3,6-9,13H,4-5,10H2,1-2H3,(H,20,22)(H,18,19,21). The van der Waals surface area contributed by atoms with Gasteiger partial charge in [0.05, 0.1) is 12.8 Å². The number of methoxy groups -OCH3 is 1. The van der Waals surface area contributed by atoms with E-state index in [0.29, 0.717) is 23.9 Å². The molecule has 6 nitrogen and oxygen atoms in total. The molecule has 23 heavy (non-hydrogen) atoms. The Bertz CT molecular complexity index is 713. The molecule has 120 valence electrons. The summed E-state index contributed by atoms with van der Waals surface area (Å²) in [5, 5.41) is 6.08. The summed E-state index contributed by atoms with van der Waals surface area (Å²) in [4.78, 5) is 20.1. The van der Waals surface area contributed by atoms with E-state index in [0.717, 1.165) is 17.2 Å². The van der Waals surface area contributed by atoms with E-state index in [-0.39, 0.29) is 5.91 Å². The Kier molecular flexibility index (Phi) is 4.41. The molecule has 0 aliphatic heterocycles. The van der Waals surface area contributed by atoms with Crippen molar-refractivity contribution >= 4 is 17.4 Å². The van der Waals surface area contributed by atoms with Crippen molar-refractivity contribution < 1.29 is 9.53 Å². The van der Waals surface area contributed by atoms with Crippen LogP contribution in [0.3, 0.4) is 0 Å². The number of rotatable bonds is 6. The lowest BCUT2D eigenvalue weighted by Crippen LogP contribution is -2.09. The first-order valence-electron chi connectivity index (χ1n) is 7.67. The van der Waals surface area contributed by atoms with Gasteiger partial charge in [-0.1, -0.05) is 6.07 Å². The van der Waals surface area contributed by atoms with Crippen LogP contribution in [0.1, 0.15) is 37.1 Å². The van der Waals surface area contributed by atoms with Crippen molar-refractivity contribution in [2.75, 3.05) is 17.7 Å². The summed E-state index contributed by atoms with van der Waals surface area (Å²) in [7, 11) is 1.58. The Labute approximate surface area is 135 Å². The van der Waals surface area contributed by atoms with Gasteiger partial charge in [0.1, 0.15) is 17.4 Å². The Balaban J connectivity index is 1.69. The number of anilines is 2. The lowest BCUT2D eigenvalue weighted by molar-refractivity contribution is -0.114. The number of carbonyl (C=O) groups excluding carboxylic acids is 1. The highest BCUT2D eigenvalue weighted by Crippen LogP contribution is 2.38. The molecule has 6 heteroatoms. The zero-order valence-corrected chi connectivity index (χ0v) is 13.3. The van der Waals surface area contributed by atoms with E-state index in [2.05, 4.69) is 20.6 Å². The Morgan fingerprint density at radius 2 is 2.17 bits per heavy atom. The number of benzene rings is 1. The number of nitrogens with one attached hydrogen (secondary N) is 2. The van der Waals surface area contributed by atoms with Crippen LogP contribution in [0.4, 0.5) is 11.5 Å². The Morgan fingerprint density at radius 1 is 1.35 bits per heavy atom. The van der Waals surface area contributed by atoms with Crippen molar-refractivity contribution in [2.45, 2.75) is 32.2 Å². The molecule has 0 atom stereocenters. The fourth-order valence-corrected chi connectivity index (χ4v) is 2.36. The summed E-state index contributed by atoms with van der Waals surface area (Å²) in [5.74, 6) is 2.78. The average Bonchev–Trinajstić information content (AvgIpc) is 3.38. The highest BCUT2D eigenvalue weighted by molar-refractivity contribution is 5.90. The maximum atomic E-state index is 11.3. The third kappa shape index (κ3) is 3.97. The van der Waals surface area contributed by atoms with Gasteiger partial charge in [-0.3, -0.25) is 4.79 Å². The lowest BCUT2D eigenvalue weighted by atomic mass is 10.2. The monoisotopic (exact) mass is 312 g/mol. The first-order chi connectivity index (χ1) is 11.2. The third-order valence-electron chi connectivity index (χ3n) is 3.66. The molecule has 2 N–H and O–H groups in total. The van der Waals surface area contributed by atoms with E-state index < -0.39 is 0 Å². The molecule has 1 aliphatic carbocycles. The van der Waals surface area contributed by atoms with E-state index in [1.54, 1.807) is 13.3 Å². The molecule has 1 fully saturated rings. The molecule has 1 amide bonds. The smallest absolute Gasteiger partial charge is 0.221 e. The van der Waals surface area contributed by atoms with Gasteiger partial charge in [0.25, 0.3) is 0 Å². The summed E-state index contributed by atoms with van der Waals surface area (Å²) < 4.78 is 5.26. The van der Waals surface area contributed by atoms with Crippen LogP contribution in [0.2, 0.25) is 0 Å². The van der Waals surface area contributed by atoms with Gasteiger partial charge in [-0.2, -0.15) is 0 Å². The molecule has 0 saturated heterocycles. The van der Waals surface area contributed by atoms with Crippen LogP contribution in [-0.4, -0.2) is 23.0 Å². The van der Waals surface area contributed by atoms with Crippen molar-refractivity contribution in [3.63, 3.8) is 0 Å². The van der Waals surface area contributed by atoms with Gasteiger partial charge in [0.2, 0.25) is 5.91 Å². The lowest BCUT2D eigenvalue weighted by Gasteiger charge is -2.12. The zero-order chi connectivity index (χ0) is 16.2. The van der Waals surface area contributed by atoms with Gasteiger partial charge in [-0.25, -0.2) is 9.97 Å². The van der Waals surface area contributed by atoms with Crippen molar-refractivity contribution in [2.24, 2.45) is 0 Å². The van der Waals surface area contributed by atoms with E-state index in [4.69, 9.17) is 4.74 Å². The molecule has 1 aromatic heterocycles. The largest absolute Gasteiger partial charge is 0.495 e. The second-order valence-electron chi connectivity index (χ2n) is 5.64. The summed E-state index contributed by atoms with van der Waals surface area (Å²) in [5.41, 5.74) is 1.70. The number of amides is 1. The van der Waals surface area contributed by atoms with E-state index in [9.17, 15) is 4.79 Å². The number of aromatic nitrogens is 2. The topological polar surface area (TPSA) is 76.1 Å². The average molecular weight is 312 g/mol.